The fourth-order valence-corrected chi connectivity index (χ4v) is 10.0. The van der Waals surface area contributed by atoms with Crippen LogP contribution in [-0.4, -0.2) is 115 Å². The molecule has 4 N–H and O–H groups in total. The molecule has 2 aliphatic rings. The summed E-state index contributed by atoms with van der Waals surface area (Å²) in [5.41, 5.74) is -0.675. The standard InChI is InChI=1S/C37H43F2N9O13P2Si/c1-37(2,3)64(4,5)61-28-22(15-49)57-36(47-14-21(38)24-31(47)42-18-44-34(24)51)29(28)60-63(54,55-13-9-12-40)56-16-23-27(59-62(52)53)25(39)35(58-23)48-19-45-26-30(41-17-43-32(26)48)46-33(50)20-10-7-6-8-11-20/h6-8,10-11,14,17-19,22-23,25,27-29,35-36,49H,9,13,15-16H2,1-5H3,(H2-,41,42,43,44,46,50,51,52,53)/p+1/t22-,23-,25-,27-,28-,29-,35-,36-,63?/m1/s1. The quantitative estimate of drug-likeness (QED) is 0.0545. The van der Waals surface area contributed by atoms with Gasteiger partial charge >= 0.3 is 16.1 Å². The van der Waals surface area contributed by atoms with Crippen LogP contribution in [0.3, 0.4) is 0 Å². The number of imidazole rings is 1. The molecule has 22 nitrogen and oxygen atoms in total. The van der Waals surface area contributed by atoms with Crippen LogP contribution in [0.15, 0.2) is 60.3 Å². The fourth-order valence-electron chi connectivity index (χ4n) is 6.89. The summed E-state index contributed by atoms with van der Waals surface area (Å²) in [6.45, 7) is 7.49. The van der Waals surface area contributed by atoms with Crippen molar-refractivity contribution in [3.05, 3.63) is 77.2 Å². The molecule has 5 aromatic rings. The van der Waals surface area contributed by atoms with Crippen molar-refractivity contribution in [2.24, 2.45) is 0 Å². The maximum atomic E-state index is 16.5. The minimum atomic E-state index is -5.04. The molecule has 2 unspecified atom stereocenters. The zero-order chi connectivity index (χ0) is 46.1. The number of H-pyrrole nitrogens is 1. The molecule has 4 aromatic heterocycles. The van der Waals surface area contributed by atoms with E-state index in [9.17, 15) is 34.0 Å². The molecule has 1 amide bonds. The Hall–Kier alpha value is -4.80. The first-order valence-electron chi connectivity index (χ1n) is 19.6. The second-order valence-electron chi connectivity index (χ2n) is 16.1. The van der Waals surface area contributed by atoms with Gasteiger partial charge in [0.05, 0.1) is 45.0 Å². The number of alkyl halides is 1. The van der Waals surface area contributed by atoms with Crippen LogP contribution in [-0.2, 0) is 41.1 Å². The van der Waals surface area contributed by atoms with Gasteiger partial charge in [-0.25, -0.2) is 33.3 Å². The Balaban J connectivity index is 1.21. The lowest BCUT2D eigenvalue weighted by Gasteiger charge is -2.40. The van der Waals surface area contributed by atoms with E-state index in [2.05, 4.69) is 30.2 Å². The van der Waals surface area contributed by atoms with Crippen LogP contribution in [0.4, 0.5) is 14.6 Å². The highest BCUT2D eigenvalue weighted by Crippen LogP contribution is 2.56. The Labute approximate surface area is 364 Å². The number of carbonyl (C=O) groups is 1. The highest BCUT2D eigenvalue weighted by Gasteiger charge is 2.56. The topological polar surface area (TPSA) is 286 Å². The summed E-state index contributed by atoms with van der Waals surface area (Å²) >= 11 is 0. The number of carbonyl (C=O) groups excluding carboxylic acids is 1. The van der Waals surface area contributed by atoms with Crippen molar-refractivity contribution in [1.82, 2.24) is 34.1 Å². The average molecular weight is 951 g/mol. The molecular weight excluding hydrogens is 906 g/mol. The lowest BCUT2D eigenvalue weighted by molar-refractivity contribution is -0.0614. The number of aliphatic hydroxyl groups excluding tert-OH is 1. The van der Waals surface area contributed by atoms with Gasteiger partial charge in [-0.15, -0.1) is 9.42 Å². The van der Waals surface area contributed by atoms with E-state index in [1.54, 1.807) is 30.3 Å². The number of hydrogen-bond donors (Lipinski definition) is 4. The number of benzene rings is 1. The Morgan fingerprint density at radius 1 is 1.06 bits per heavy atom. The van der Waals surface area contributed by atoms with Crippen LogP contribution >= 0.6 is 16.1 Å². The number of anilines is 1. The number of fused-ring (bicyclic) bond motifs is 2. The summed E-state index contributed by atoms with van der Waals surface area (Å²) in [5, 5.41) is 21.7. The molecule has 64 heavy (non-hydrogen) atoms. The first-order chi connectivity index (χ1) is 30.4. The van der Waals surface area contributed by atoms with E-state index >= 15 is 8.78 Å². The van der Waals surface area contributed by atoms with Gasteiger partial charge in [0.2, 0.25) is 0 Å². The van der Waals surface area contributed by atoms with E-state index in [0.717, 1.165) is 34.3 Å². The van der Waals surface area contributed by atoms with Gasteiger partial charge in [0.25, 0.3) is 11.5 Å². The molecule has 0 aliphatic carbocycles. The number of phosphoric acid groups is 1. The number of ether oxygens (including phenoxy) is 2. The molecule has 0 bridgehead atoms. The second kappa shape index (κ2) is 19.0. The maximum Gasteiger partial charge on any atom is 0.695 e. The fraction of sp³-hybridized carbons (Fsp3) is 0.486. The number of amides is 1. The predicted molar refractivity (Wildman–Crippen MR) is 221 cm³/mol. The Kier molecular flexibility index (Phi) is 14.0. The summed E-state index contributed by atoms with van der Waals surface area (Å²) < 4.78 is 103. The van der Waals surface area contributed by atoms with Crippen LogP contribution in [0.25, 0.3) is 22.2 Å². The molecular formula is C37H44F2N9O13P2Si+. The number of halogens is 2. The highest BCUT2D eigenvalue weighted by molar-refractivity contribution is 7.48. The zero-order valence-electron chi connectivity index (χ0n) is 34.8. The van der Waals surface area contributed by atoms with Crippen LogP contribution in [0, 0.1) is 17.1 Å². The van der Waals surface area contributed by atoms with E-state index in [1.807, 2.05) is 39.9 Å². The number of nitriles is 1. The van der Waals surface area contributed by atoms with Gasteiger partial charge in [0.15, 0.2) is 61.5 Å². The monoisotopic (exact) mass is 950 g/mol. The summed E-state index contributed by atoms with van der Waals surface area (Å²) in [7, 11) is -11.3. The van der Waals surface area contributed by atoms with Crippen LogP contribution < -0.4 is 10.9 Å². The molecule has 0 radical (unpaired) electrons. The van der Waals surface area contributed by atoms with Gasteiger partial charge in [-0.1, -0.05) is 39.0 Å². The van der Waals surface area contributed by atoms with E-state index in [4.69, 9.17) is 32.0 Å². The normalized spacial score (nSPS) is 25.1. The first-order valence-corrected chi connectivity index (χ1v) is 25.1. The van der Waals surface area contributed by atoms with E-state index in [-0.39, 0.29) is 29.0 Å². The van der Waals surface area contributed by atoms with Crippen molar-refractivity contribution >= 4 is 58.3 Å². The SMILES string of the molecule is CC(C)(C)[Si](C)(C)O[C@H]1[C@@H](OP(=O)(OCCC#N)OC[C@H]2O[C@@H](n3cnc4c(NC(=O)c5ccccc5)ncnc43)[C@H](F)[C@@H]2O[P+](=O)O)[C@H](n2cc(F)c3c(=O)[nH]cnc32)O[C@@H]1CO. The molecule has 1 aromatic carbocycles. The van der Waals surface area contributed by atoms with Gasteiger partial charge in [-0.3, -0.25) is 27.7 Å². The molecule has 6 heterocycles. The molecule has 0 spiro atoms. The van der Waals surface area contributed by atoms with Gasteiger partial charge in [0, 0.05) is 16.3 Å². The summed E-state index contributed by atoms with van der Waals surface area (Å²) in [6, 6.07) is 10.1. The van der Waals surface area contributed by atoms with Gasteiger partial charge in [-0.05, 0) is 30.3 Å². The molecule has 2 fully saturated rings. The van der Waals surface area contributed by atoms with Crippen LogP contribution in [0.2, 0.25) is 18.1 Å². The maximum absolute atomic E-state index is 16.5. The second-order valence-corrected chi connectivity index (χ2v) is 23.2. The number of aliphatic hydroxyl groups is 1. The minimum absolute atomic E-state index is 0.0162. The summed E-state index contributed by atoms with van der Waals surface area (Å²) in [5.74, 6) is -1.52. The molecule has 2 saturated heterocycles. The molecule has 7 rings (SSSR count). The Morgan fingerprint density at radius 2 is 1.80 bits per heavy atom. The number of nitrogens with one attached hydrogen (secondary N) is 2. The van der Waals surface area contributed by atoms with Gasteiger partial charge in [0.1, 0.15) is 36.1 Å². The van der Waals surface area contributed by atoms with Crippen molar-refractivity contribution in [2.75, 3.05) is 25.1 Å². The van der Waals surface area contributed by atoms with Crippen LogP contribution in [0.5, 0.6) is 0 Å². The Bertz CT molecular complexity index is 2660. The minimum Gasteiger partial charge on any atom is -0.408 e. The lowest BCUT2D eigenvalue weighted by atomic mass is 10.1. The van der Waals surface area contributed by atoms with Crippen molar-refractivity contribution < 1.29 is 64.7 Å². The third kappa shape index (κ3) is 9.60. The van der Waals surface area contributed by atoms with E-state index in [0.29, 0.717) is 5.56 Å². The van der Waals surface area contributed by atoms with Crippen molar-refractivity contribution in [1.29, 1.82) is 5.26 Å². The predicted octanol–water partition coefficient (Wildman–Crippen LogP) is 4.95. The number of aromatic amines is 1. The third-order valence-electron chi connectivity index (χ3n) is 11.0. The van der Waals surface area contributed by atoms with Crippen molar-refractivity contribution in [2.45, 2.75) is 94.5 Å². The summed E-state index contributed by atoms with van der Waals surface area (Å²) in [4.78, 5) is 54.3. The van der Waals surface area contributed by atoms with Crippen molar-refractivity contribution in [3.63, 3.8) is 0 Å². The molecule has 0 saturated carbocycles. The van der Waals surface area contributed by atoms with Gasteiger partial charge in [-0.2, -0.15) is 5.26 Å². The largest absolute Gasteiger partial charge is 0.695 e. The molecule has 10 atom stereocenters. The number of hydrogen-bond acceptors (Lipinski definition) is 17. The zero-order valence-corrected chi connectivity index (χ0v) is 37.6. The molecule has 342 valence electrons. The highest BCUT2D eigenvalue weighted by atomic mass is 31.2. The first kappa shape index (κ1) is 47.2. The Morgan fingerprint density at radius 3 is 2.48 bits per heavy atom. The third-order valence-corrected chi connectivity index (χ3v) is 17.4. The number of rotatable bonds is 17. The van der Waals surface area contributed by atoms with Crippen LogP contribution in [0.1, 0.15) is 50.0 Å². The van der Waals surface area contributed by atoms with Crippen molar-refractivity contribution in [3.8, 4) is 6.07 Å². The molecule has 2 aliphatic heterocycles. The molecule has 27 heteroatoms. The summed E-state index contributed by atoms with van der Waals surface area (Å²) in [6.07, 6.45) is -9.09. The lowest BCUT2D eigenvalue weighted by Crippen LogP contribution is -2.50. The van der Waals surface area contributed by atoms with E-state index in [1.165, 1.54) is 0 Å². The number of aromatic nitrogens is 7. The smallest absolute Gasteiger partial charge is 0.408 e. The average Bonchev–Trinajstić information content (AvgIpc) is 4.00. The van der Waals surface area contributed by atoms with Gasteiger partial charge < -0.3 is 33.9 Å². The number of phosphoric ester groups is 1. The number of nitrogens with zero attached hydrogens (tertiary/aromatic N) is 7. The van der Waals surface area contributed by atoms with E-state index < -0.39 is 121 Å².